The summed E-state index contributed by atoms with van der Waals surface area (Å²) < 4.78 is 47.2. The minimum Gasteiger partial charge on any atom is -0.489 e. The summed E-state index contributed by atoms with van der Waals surface area (Å²) in [7, 11) is 0. The summed E-state index contributed by atoms with van der Waals surface area (Å²) in [6.45, 7) is 0.0256. The van der Waals surface area contributed by atoms with Gasteiger partial charge in [0.05, 0.1) is 39.2 Å². The Hall–Kier alpha value is -3.73. The molecule has 40 heavy (non-hydrogen) atoms. The van der Waals surface area contributed by atoms with Gasteiger partial charge in [-0.25, -0.2) is 9.97 Å². The van der Waals surface area contributed by atoms with Gasteiger partial charge < -0.3 is 9.84 Å². The number of benzene rings is 3. The van der Waals surface area contributed by atoms with E-state index in [1.807, 2.05) is 42.5 Å². The highest BCUT2D eigenvalue weighted by Crippen LogP contribution is 2.40. The van der Waals surface area contributed by atoms with Gasteiger partial charge in [-0.05, 0) is 42.5 Å². The fourth-order valence-corrected chi connectivity index (χ4v) is 5.20. The maximum Gasteiger partial charge on any atom is 0.416 e. The molecule has 0 radical (unpaired) electrons. The highest BCUT2D eigenvalue weighted by atomic mass is 79.9. The number of ether oxygens (including phenoxy) is 1. The summed E-state index contributed by atoms with van der Waals surface area (Å²) in [5, 5.41) is 17.7. The standard InChI is InChI=1S/C29H19BrClF3N4O2/c30-18-9-10-20-24(13-18)36-28-25(26(20)31)27(21-3-1-2-4-23(21)35-28)40-15-19(39)14-38-12-11-22(37-38)16-5-7-17(8-6-16)29(32,33)34/h1-13,19,39H,14-15H2. The first-order valence-electron chi connectivity index (χ1n) is 12.2. The molecule has 0 aliphatic carbocycles. The number of aliphatic hydroxyl groups excluding tert-OH is 1. The van der Waals surface area contributed by atoms with Crippen LogP contribution in [-0.2, 0) is 12.7 Å². The monoisotopic (exact) mass is 626 g/mol. The molecule has 1 N–H and O–H groups in total. The Bertz CT molecular complexity index is 1880. The van der Waals surface area contributed by atoms with E-state index in [9.17, 15) is 18.3 Å². The van der Waals surface area contributed by atoms with E-state index in [0.29, 0.717) is 44.1 Å². The third-order valence-corrected chi connectivity index (χ3v) is 7.32. The maximum absolute atomic E-state index is 12.9. The zero-order chi connectivity index (χ0) is 28.0. The fraction of sp³-hybridized carbons (Fsp3) is 0.138. The molecule has 11 heteroatoms. The number of rotatable bonds is 6. The van der Waals surface area contributed by atoms with Gasteiger partial charge in [0.1, 0.15) is 18.5 Å². The summed E-state index contributed by atoms with van der Waals surface area (Å²) >= 11 is 10.3. The first-order valence-corrected chi connectivity index (χ1v) is 13.3. The number of para-hydroxylation sites is 1. The van der Waals surface area contributed by atoms with Crippen molar-refractivity contribution in [2.45, 2.75) is 18.8 Å². The van der Waals surface area contributed by atoms with Crippen molar-refractivity contribution in [2.24, 2.45) is 0 Å². The summed E-state index contributed by atoms with van der Waals surface area (Å²) in [5.74, 6) is 0.466. The van der Waals surface area contributed by atoms with Crippen LogP contribution < -0.4 is 4.74 Å². The molecule has 0 bridgehead atoms. The van der Waals surface area contributed by atoms with Crippen LogP contribution in [0.15, 0.2) is 83.5 Å². The number of aliphatic hydroxyl groups is 1. The normalized spacial score (nSPS) is 12.8. The van der Waals surface area contributed by atoms with Crippen LogP contribution in [0, 0.1) is 0 Å². The van der Waals surface area contributed by atoms with Crippen molar-refractivity contribution in [1.29, 1.82) is 0 Å². The van der Waals surface area contributed by atoms with Gasteiger partial charge in [0.2, 0.25) is 0 Å². The van der Waals surface area contributed by atoms with E-state index in [4.69, 9.17) is 26.3 Å². The number of pyridine rings is 2. The Morgan fingerprint density at radius 2 is 1.70 bits per heavy atom. The number of alkyl halides is 3. The molecule has 3 aromatic carbocycles. The zero-order valence-electron chi connectivity index (χ0n) is 20.5. The van der Waals surface area contributed by atoms with Crippen molar-refractivity contribution in [3.63, 3.8) is 0 Å². The van der Waals surface area contributed by atoms with Crippen LogP contribution >= 0.6 is 27.5 Å². The average molecular weight is 628 g/mol. The molecule has 1 atom stereocenters. The molecule has 6 nitrogen and oxygen atoms in total. The van der Waals surface area contributed by atoms with E-state index < -0.39 is 17.8 Å². The Morgan fingerprint density at radius 3 is 2.48 bits per heavy atom. The van der Waals surface area contributed by atoms with Crippen molar-refractivity contribution in [2.75, 3.05) is 6.61 Å². The van der Waals surface area contributed by atoms with Crippen LogP contribution in [0.2, 0.25) is 5.02 Å². The molecule has 6 rings (SSSR count). The molecule has 0 fully saturated rings. The second kappa shape index (κ2) is 10.3. The molecule has 0 saturated heterocycles. The van der Waals surface area contributed by atoms with E-state index >= 15 is 0 Å². The second-order valence-corrected chi connectivity index (χ2v) is 10.5. The van der Waals surface area contributed by atoms with Crippen molar-refractivity contribution < 1.29 is 23.0 Å². The highest BCUT2D eigenvalue weighted by molar-refractivity contribution is 9.10. The van der Waals surface area contributed by atoms with Crippen molar-refractivity contribution in [3.05, 3.63) is 94.1 Å². The summed E-state index contributed by atoms with van der Waals surface area (Å²) in [6.07, 6.45) is -3.71. The van der Waals surface area contributed by atoms with E-state index in [0.717, 1.165) is 27.4 Å². The molecule has 3 heterocycles. The van der Waals surface area contributed by atoms with Gasteiger partial charge in [-0.15, -0.1) is 0 Å². The summed E-state index contributed by atoms with van der Waals surface area (Å²) in [6, 6.07) is 19.5. The minimum atomic E-state index is -4.40. The van der Waals surface area contributed by atoms with Crippen LogP contribution in [0.3, 0.4) is 0 Å². The molecule has 0 saturated carbocycles. The first kappa shape index (κ1) is 26.5. The topological polar surface area (TPSA) is 73.1 Å². The van der Waals surface area contributed by atoms with E-state index in [-0.39, 0.29) is 13.2 Å². The largest absolute Gasteiger partial charge is 0.489 e. The number of fused-ring (bicyclic) bond motifs is 3. The molecule has 202 valence electrons. The lowest BCUT2D eigenvalue weighted by atomic mass is 10.1. The zero-order valence-corrected chi connectivity index (χ0v) is 22.9. The molecule has 0 aliphatic rings. The van der Waals surface area contributed by atoms with Gasteiger partial charge in [0.25, 0.3) is 0 Å². The van der Waals surface area contributed by atoms with Crippen molar-refractivity contribution in [1.82, 2.24) is 19.7 Å². The molecular formula is C29H19BrClF3N4O2. The lowest BCUT2D eigenvalue weighted by molar-refractivity contribution is -0.137. The number of aromatic nitrogens is 4. The summed E-state index contributed by atoms with van der Waals surface area (Å²) in [5.41, 5.74) is 2.08. The van der Waals surface area contributed by atoms with Crippen molar-refractivity contribution >= 4 is 60.4 Å². The quantitative estimate of drug-likeness (QED) is 0.192. The highest BCUT2D eigenvalue weighted by Gasteiger charge is 2.30. The Kier molecular flexibility index (Phi) is 6.85. The van der Waals surface area contributed by atoms with Crippen LogP contribution in [0.25, 0.3) is 44.1 Å². The van der Waals surface area contributed by atoms with Crippen LogP contribution in [-0.4, -0.2) is 37.6 Å². The fourth-order valence-electron chi connectivity index (χ4n) is 4.53. The number of halogens is 5. The number of hydrogen-bond acceptors (Lipinski definition) is 5. The lowest BCUT2D eigenvalue weighted by Crippen LogP contribution is -2.24. The van der Waals surface area contributed by atoms with Gasteiger partial charge in [-0.1, -0.05) is 57.9 Å². The maximum atomic E-state index is 12.9. The predicted molar refractivity (Wildman–Crippen MR) is 151 cm³/mol. The molecule has 1 unspecified atom stereocenters. The molecular weight excluding hydrogens is 609 g/mol. The van der Waals surface area contributed by atoms with E-state index in [1.165, 1.54) is 16.8 Å². The van der Waals surface area contributed by atoms with Crippen molar-refractivity contribution in [3.8, 4) is 17.0 Å². The predicted octanol–water partition coefficient (Wildman–Crippen LogP) is 7.67. The first-order chi connectivity index (χ1) is 19.2. The van der Waals surface area contributed by atoms with E-state index in [1.54, 1.807) is 12.3 Å². The Balaban J connectivity index is 1.26. The van der Waals surface area contributed by atoms with Crippen LogP contribution in [0.4, 0.5) is 13.2 Å². The van der Waals surface area contributed by atoms with Crippen LogP contribution in [0.5, 0.6) is 5.75 Å². The minimum absolute atomic E-state index is 0.0761. The second-order valence-electron chi connectivity index (χ2n) is 9.21. The lowest BCUT2D eigenvalue weighted by Gasteiger charge is -2.17. The average Bonchev–Trinajstić information content (AvgIpc) is 3.39. The molecule has 0 spiro atoms. The van der Waals surface area contributed by atoms with Gasteiger partial charge >= 0.3 is 6.18 Å². The third-order valence-electron chi connectivity index (χ3n) is 6.43. The number of hydrogen-bond donors (Lipinski definition) is 1. The summed E-state index contributed by atoms with van der Waals surface area (Å²) in [4.78, 5) is 9.41. The third kappa shape index (κ3) is 5.10. The molecule has 0 amide bonds. The molecule has 0 aliphatic heterocycles. The van der Waals surface area contributed by atoms with Gasteiger partial charge in [-0.3, -0.25) is 4.68 Å². The smallest absolute Gasteiger partial charge is 0.416 e. The molecule has 6 aromatic rings. The number of nitrogens with zero attached hydrogens (tertiary/aromatic N) is 4. The Morgan fingerprint density at radius 1 is 0.950 bits per heavy atom. The van der Waals surface area contributed by atoms with Crippen LogP contribution in [0.1, 0.15) is 5.56 Å². The SMILES string of the molecule is OC(COc1c2ccccc2nc2nc3cc(Br)ccc3c(Cl)c12)Cn1ccc(-c2ccc(C(F)(F)F)cc2)n1. The Labute approximate surface area is 239 Å². The van der Waals surface area contributed by atoms with Gasteiger partial charge in [0, 0.05) is 27.0 Å². The van der Waals surface area contributed by atoms with E-state index in [2.05, 4.69) is 21.0 Å². The van der Waals surface area contributed by atoms with Gasteiger partial charge in [0.15, 0.2) is 5.65 Å². The molecule has 3 aromatic heterocycles. The van der Waals surface area contributed by atoms with Gasteiger partial charge in [-0.2, -0.15) is 18.3 Å².